The van der Waals surface area contributed by atoms with Crippen LogP contribution in [0.5, 0.6) is 0 Å². The zero-order valence-corrected chi connectivity index (χ0v) is 23.3. The number of nitrogens with zero attached hydrogens (tertiary/aromatic N) is 3. The number of hydrogen-bond donors (Lipinski definition) is 0. The maximum Gasteiger partial charge on any atom is 0.419 e. The second kappa shape index (κ2) is 10.6. The van der Waals surface area contributed by atoms with Gasteiger partial charge in [0.2, 0.25) is 5.78 Å². The van der Waals surface area contributed by atoms with Crippen molar-refractivity contribution in [1.29, 1.82) is 0 Å². The molecule has 1 fully saturated rings. The first-order chi connectivity index (χ1) is 17.5. The van der Waals surface area contributed by atoms with Gasteiger partial charge in [0.1, 0.15) is 11.4 Å². The van der Waals surface area contributed by atoms with Crippen LogP contribution in [-0.2, 0) is 11.2 Å². The Kier molecular flexibility index (Phi) is 7.69. The second-order valence-corrected chi connectivity index (χ2v) is 11.5. The molecule has 196 valence electrons. The zero-order valence-electron chi connectivity index (χ0n) is 22.5. The second-order valence-electron chi connectivity index (χ2n) is 10.6. The molecular weight excluding hydrogens is 486 g/mol. The number of carbonyl (C=O) groups excluding carboxylic acids is 2. The van der Waals surface area contributed by atoms with Crippen LogP contribution in [-0.4, -0.2) is 27.6 Å². The van der Waals surface area contributed by atoms with Crippen LogP contribution in [0.4, 0.5) is 10.5 Å². The molecule has 0 aliphatic heterocycles. The maximum absolute atomic E-state index is 13.8. The third-order valence-corrected chi connectivity index (χ3v) is 7.12. The molecule has 8 heteroatoms. The number of aryl methyl sites for hydroxylation is 2. The highest BCUT2D eigenvalue weighted by Crippen LogP contribution is 2.43. The number of ether oxygens (including phenoxy) is 1. The summed E-state index contributed by atoms with van der Waals surface area (Å²) < 4.78 is 11.3. The van der Waals surface area contributed by atoms with Gasteiger partial charge in [0, 0.05) is 28.4 Å². The summed E-state index contributed by atoms with van der Waals surface area (Å²) in [6, 6.07) is 3.84. The Morgan fingerprint density at radius 2 is 1.97 bits per heavy atom. The van der Waals surface area contributed by atoms with E-state index >= 15 is 0 Å². The summed E-state index contributed by atoms with van der Waals surface area (Å²) in [4.78, 5) is 33.4. The standard InChI is InChI=1S/C29H35N3O4S/c1-8-9-10-22-23(26(33)27-30-13-14-37-27)15-21(25-17(2)31-36-19(25)4)16-24(22)32(18(3)20-11-12-20)28(34)35-29(5,6)7/h13-16,20H,3,8-12H2,1-2,4-7H3. The summed E-state index contributed by atoms with van der Waals surface area (Å²) in [5.41, 5.74) is 4.20. The van der Waals surface area contributed by atoms with E-state index in [0.717, 1.165) is 42.4 Å². The lowest BCUT2D eigenvalue weighted by atomic mass is 9.91. The number of amides is 1. The summed E-state index contributed by atoms with van der Waals surface area (Å²) in [5.74, 6) is 0.673. The summed E-state index contributed by atoms with van der Waals surface area (Å²) in [6.07, 6.45) is 5.49. The molecule has 2 aromatic heterocycles. The van der Waals surface area contributed by atoms with Crippen molar-refractivity contribution in [3.8, 4) is 11.1 Å². The molecule has 1 aromatic carbocycles. The average Bonchev–Trinajstić information content (AvgIpc) is 3.43. The van der Waals surface area contributed by atoms with Gasteiger partial charge in [-0.25, -0.2) is 9.78 Å². The monoisotopic (exact) mass is 521 g/mol. The lowest BCUT2D eigenvalue weighted by Gasteiger charge is -2.31. The number of carbonyl (C=O) groups is 2. The zero-order chi connectivity index (χ0) is 26.9. The van der Waals surface area contributed by atoms with Crippen molar-refractivity contribution in [1.82, 2.24) is 10.1 Å². The highest BCUT2D eigenvalue weighted by atomic mass is 32.1. The van der Waals surface area contributed by atoms with Gasteiger partial charge in [0.25, 0.3) is 0 Å². The number of allylic oxidation sites excluding steroid dienone is 1. The molecular formula is C29H35N3O4S. The molecule has 0 atom stereocenters. The van der Waals surface area contributed by atoms with Crippen molar-refractivity contribution in [2.24, 2.45) is 5.92 Å². The molecule has 0 unspecified atom stereocenters. The highest BCUT2D eigenvalue weighted by Gasteiger charge is 2.36. The van der Waals surface area contributed by atoms with Crippen LogP contribution in [0.1, 0.15) is 85.8 Å². The fourth-order valence-corrected chi connectivity index (χ4v) is 5.03. The number of rotatable bonds is 9. The van der Waals surface area contributed by atoms with Gasteiger partial charge >= 0.3 is 6.09 Å². The van der Waals surface area contributed by atoms with Gasteiger partial charge < -0.3 is 9.26 Å². The number of anilines is 1. The van der Waals surface area contributed by atoms with E-state index in [-0.39, 0.29) is 11.7 Å². The lowest BCUT2D eigenvalue weighted by Crippen LogP contribution is -2.37. The highest BCUT2D eigenvalue weighted by molar-refractivity contribution is 7.11. The van der Waals surface area contributed by atoms with Gasteiger partial charge in [0.05, 0.1) is 11.4 Å². The van der Waals surface area contributed by atoms with Crippen LogP contribution in [0.25, 0.3) is 11.1 Å². The van der Waals surface area contributed by atoms with Crippen LogP contribution in [0, 0.1) is 19.8 Å². The van der Waals surface area contributed by atoms with Crippen molar-refractivity contribution >= 4 is 28.9 Å². The summed E-state index contributed by atoms with van der Waals surface area (Å²) >= 11 is 1.30. The van der Waals surface area contributed by atoms with Crippen LogP contribution in [0.3, 0.4) is 0 Å². The van der Waals surface area contributed by atoms with E-state index in [2.05, 4.69) is 23.6 Å². The Morgan fingerprint density at radius 3 is 2.51 bits per heavy atom. The van der Waals surface area contributed by atoms with Gasteiger partial charge in [0.15, 0.2) is 5.01 Å². The third kappa shape index (κ3) is 5.85. The first kappa shape index (κ1) is 26.8. The molecule has 1 amide bonds. The van der Waals surface area contributed by atoms with Crippen molar-refractivity contribution in [2.45, 2.75) is 79.2 Å². The Morgan fingerprint density at radius 1 is 1.24 bits per heavy atom. The molecule has 0 saturated heterocycles. The molecule has 4 rings (SSSR count). The van der Waals surface area contributed by atoms with Gasteiger partial charge in [-0.15, -0.1) is 11.3 Å². The van der Waals surface area contributed by atoms with Crippen molar-refractivity contribution < 1.29 is 18.8 Å². The molecule has 7 nitrogen and oxygen atoms in total. The van der Waals surface area contributed by atoms with Gasteiger partial charge in [-0.05, 0) is 89.5 Å². The minimum Gasteiger partial charge on any atom is -0.443 e. The molecule has 1 saturated carbocycles. The summed E-state index contributed by atoms with van der Waals surface area (Å²) in [6.45, 7) is 15.7. The van der Waals surface area contributed by atoms with Gasteiger partial charge in [-0.2, -0.15) is 0 Å². The minimum atomic E-state index is -0.693. The quantitative estimate of drug-likeness (QED) is 0.269. The largest absolute Gasteiger partial charge is 0.443 e. The number of hydrogen-bond acceptors (Lipinski definition) is 7. The predicted molar refractivity (Wildman–Crippen MR) is 146 cm³/mol. The van der Waals surface area contributed by atoms with E-state index in [4.69, 9.17) is 9.26 Å². The van der Waals surface area contributed by atoms with Gasteiger partial charge in [-0.1, -0.05) is 25.1 Å². The fraction of sp³-hybridized carbons (Fsp3) is 0.448. The lowest BCUT2D eigenvalue weighted by molar-refractivity contribution is 0.0590. The maximum atomic E-state index is 13.8. The topological polar surface area (TPSA) is 85.5 Å². The normalized spacial score (nSPS) is 13.5. The number of unbranched alkanes of at least 4 members (excludes halogenated alkanes) is 1. The van der Waals surface area contributed by atoms with E-state index in [1.807, 2.05) is 46.8 Å². The van der Waals surface area contributed by atoms with Crippen LogP contribution < -0.4 is 4.90 Å². The first-order valence-corrected chi connectivity index (χ1v) is 13.7. The van der Waals surface area contributed by atoms with Gasteiger partial charge in [-0.3, -0.25) is 9.69 Å². The van der Waals surface area contributed by atoms with E-state index < -0.39 is 11.7 Å². The SMILES string of the molecule is C=C(C1CC1)N(C(=O)OC(C)(C)C)c1cc(-c2c(C)noc2C)cc(C(=O)c2nccs2)c1CCCC. The van der Waals surface area contributed by atoms with E-state index in [9.17, 15) is 9.59 Å². The average molecular weight is 522 g/mol. The Bertz CT molecular complexity index is 1290. The first-order valence-electron chi connectivity index (χ1n) is 12.8. The molecule has 2 heterocycles. The van der Waals surface area contributed by atoms with Crippen LogP contribution in [0.2, 0.25) is 0 Å². The Labute approximate surface area is 222 Å². The third-order valence-electron chi connectivity index (χ3n) is 6.35. The number of ketones is 1. The fourth-order valence-electron chi connectivity index (χ4n) is 4.44. The van der Waals surface area contributed by atoms with E-state index in [1.165, 1.54) is 11.3 Å². The Hall–Kier alpha value is -3.26. The number of thiazole rings is 1. The number of benzene rings is 1. The molecule has 0 spiro atoms. The van der Waals surface area contributed by atoms with Crippen LogP contribution in [0.15, 0.2) is 40.5 Å². The molecule has 1 aliphatic rings. The van der Waals surface area contributed by atoms with Crippen LogP contribution >= 0.6 is 11.3 Å². The Balaban J connectivity index is 2.00. The molecule has 0 bridgehead atoms. The smallest absolute Gasteiger partial charge is 0.419 e. The predicted octanol–water partition coefficient (Wildman–Crippen LogP) is 7.65. The summed E-state index contributed by atoms with van der Waals surface area (Å²) in [7, 11) is 0. The van der Waals surface area contributed by atoms with Crippen molar-refractivity contribution in [2.75, 3.05) is 4.90 Å². The molecule has 3 aromatic rings. The van der Waals surface area contributed by atoms with Crippen molar-refractivity contribution in [3.63, 3.8) is 0 Å². The molecule has 0 N–H and O–H groups in total. The molecule has 1 aliphatic carbocycles. The summed E-state index contributed by atoms with van der Waals surface area (Å²) in [5, 5.41) is 6.33. The number of aromatic nitrogens is 2. The molecule has 0 radical (unpaired) electrons. The van der Waals surface area contributed by atoms with Crippen molar-refractivity contribution in [3.05, 3.63) is 63.6 Å². The minimum absolute atomic E-state index is 0.169. The molecule has 37 heavy (non-hydrogen) atoms. The van der Waals surface area contributed by atoms with E-state index in [1.54, 1.807) is 16.5 Å². The van der Waals surface area contributed by atoms with E-state index in [0.29, 0.717) is 39.8 Å².